The highest BCUT2D eigenvalue weighted by molar-refractivity contribution is 5.47. The third kappa shape index (κ3) is 4.66. The van der Waals surface area contributed by atoms with Gasteiger partial charge in [-0.1, -0.05) is 12.1 Å². The van der Waals surface area contributed by atoms with E-state index in [4.69, 9.17) is 9.84 Å². The molecular weight excluding hydrogens is 295 g/mol. The standard InChI is InChI=1S/C16H16F3NO2/c17-16(18,19)13-3-1-2-12(10-13)11-20-14-4-6-15(7-5-14)22-9-8-21/h1-7,10,20-21H,8-9,11H2. The smallest absolute Gasteiger partial charge is 0.416 e. The van der Waals surface area contributed by atoms with Crippen LogP contribution in [-0.2, 0) is 12.7 Å². The van der Waals surface area contributed by atoms with Crippen LogP contribution in [0.5, 0.6) is 5.75 Å². The molecule has 118 valence electrons. The summed E-state index contributed by atoms with van der Waals surface area (Å²) in [6, 6.07) is 12.2. The molecule has 2 aromatic rings. The zero-order valence-electron chi connectivity index (χ0n) is 11.7. The second-order valence-electron chi connectivity index (χ2n) is 4.65. The van der Waals surface area contributed by atoms with E-state index in [0.717, 1.165) is 17.8 Å². The summed E-state index contributed by atoms with van der Waals surface area (Å²) < 4.78 is 43.1. The van der Waals surface area contributed by atoms with Gasteiger partial charge in [0.15, 0.2) is 0 Å². The van der Waals surface area contributed by atoms with Gasteiger partial charge in [-0.2, -0.15) is 13.2 Å². The molecule has 2 aromatic carbocycles. The Morgan fingerprint density at radius 1 is 1.05 bits per heavy atom. The maximum atomic E-state index is 12.6. The first-order chi connectivity index (χ1) is 10.5. The number of rotatable bonds is 6. The number of hydrogen-bond donors (Lipinski definition) is 2. The summed E-state index contributed by atoms with van der Waals surface area (Å²) in [6.07, 6.45) is -4.33. The summed E-state index contributed by atoms with van der Waals surface area (Å²) in [4.78, 5) is 0. The van der Waals surface area contributed by atoms with E-state index >= 15 is 0 Å². The minimum atomic E-state index is -4.33. The minimum Gasteiger partial charge on any atom is -0.491 e. The largest absolute Gasteiger partial charge is 0.491 e. The third-order valence-corrected chi connectivity index (χ3v) is 2.97. The lowest BCUT2D eigenvalue weighted by atomic mass is 10.1. The summed E-state index contributed by atoms with van der Waals surface area (Å²) in [7, 11) is 0. The molecular formula is C16H16F3NO2. The van der Waals surface area contributed by atoms with Crippen LogP contribution in [0.2, 0.25) is 0 Å². The number of hydrogen-bond acceptors (Lipinski definition) is 3. The molecule has 0 aromatic heterocycles. The van der Waals surface area contributed by atoms with Gasteiger partial charge in [0.1, 0.15) is 12.4 Å². The van der Waals surface area contributed by atoms with Crippen molar-refractivity contribution in [3.05, 3.63) is 59.7 Å². The van der Waals surface area contributed by atoms with Crippen LogP contribution in [0.25, 0.3) is 0 Å². The topological polar surface area (TPSA) is 41.5 Å². The van der Waals surface area contributed by atoms with E-state index < -0.39 is 11.7 Å². The van der Waals surface area contributed by atoms with E-state index in [-0.39, 0.29) is 13.2 Å². The molecule has 0 aliphatic rings. The average molecular weight is 311 g/mol. The van der Waals surface area contributed by atoms with E-state index in [2.05, 4.69) is 5.32 Å². The van der Waals surface area contributed by atoms with Gasteiger partial charge in [0.2, 0.25) is 0 Å². The molecule has 2 rings (SSSR count). The van der Waals surface area contributed by atoms with Gasteiger partial charge in [0, 0.05) is 12.2 Å². The van der Waals surface area contributed by atoms with Crippen molar-refractivity contribution in [3.63, 3.8) is 0 Å². The third-order valence-electron chi connectivity index (χ3n) is 2.97. The molecule has 0 atom stereocenters. The molecule has 2 N–H and O–H groups in total. The van der Waals surface area contributed by atoms with Crippen molar-refractivity contribution in [2.75, 3.05) is 18.5 Å². The molecule has 0 fully saturated rings. The van der Waals surface area contributed by atoms with Gasteiger partial charge in [-0.15, -0.1) is 0 Å². The number of alkyl halides is 3. The Bertz CT molecular complexity index is 597. The van der Waals surface area contributed by atoms with Gasteiger partial charge in [-0.05, 0) is 42.0 Å². The van der Waals surface area contributed by atoms with E-state index in [9.17, 15) is 13.2 Å². The number of nitrogens with one attached hydrogen (secondary N) is 1. The van der Waals surface area contributed by atoms with Crippen LogP contribution in [0.3, 0.4) is 0 Å². The van der Waals surface area contributed by atoms with Crippen LogP contribution >= 0.6 is 0 Å². The van der Waals surface area contributed by atoms with Gasteiger partial charge in [-0.3, -0.25) is 0 Å². The van der Waals surface area contributed by atoms with Crippen LogP contribution in [0.15, 0.2) is 48.5 Å². The van der Waals surface area contributed by atoms with Crippen molar-refractivity contribution in [2.24, 2.45) is 0 Å². The summed E-state index contributed by atoms with van der Waals surface area (Å²) in [5.74, 6) is 0.624. The van der Waals surface area contributed by atoms with Crippen LogP contribution in [-0.4, -0.2) is 18.3 Å². The monoisotopic (exact) mass is 311 g/mol. The molecule has 22 heavy (non-hydrogen) atoms. The lowest BCUT2D eigenvalue weighted by Gasteiger charge is -2.11. The first-order valence-electron chi connectivity index (χ1n) is 6.73. The predicted octanol–water partition coefficient (Wildman–Crippen LogP) is 3.69. The number of aliphatic hydroxyl groups is 1. The summed E-state index contributed by atoms with van der Waals surface area (Å²) in [6.45, 7) is 0.452. The molecule has 0 amide bonds. The van der Waals surface area contributed by atoms with Crippen LogP contribution < -0.4 is 10.1 Å². The number of anilines is 1. The molecule has 0 heterocycles. The van der Waals surface area contributed by atoms with Crippen molar-refractivity contribution < 1.29 is 23.0 Å². The molecule has 0 saturated carbocycles. The molecule has 0 aliphatic heterocycles. The van der Waals surface area contributed by atoms with Crippen molar-refractivity contribution in [1.29, 1.82) is 0 Å². The van der Waals surface area contributed by atoms with Crippen molar-refractivity contribution in [1.82, 2.24) is 0 Å². The SMILES string of the molecule is OCCOc1ccc(NCc2cccc(C(F)(F)F)c2)cc1. The van der Waals surface area contributed by atoms with Crippen LogP contribution in [0.4, 0.5) is 18.9 Å². The van der Waals surface area contributed by atoms with Gasteiger partial charge in [0.05, 0.1) is 12.2 Å². The van der Waals surface area contributed by atoms with Crippen LogP contribution in [0.1, 0.15) is 11.1 Å². The highest BCUT2D eigenvalue weighted by Crippen LogP contribution is 2.29. The Labute approximate surface area is 126 Å². The molecule has 6 heteroatoms. The number of benzene rings is 2. The van der Waals surface area contributed by atoms with Crippen molar-refractivity contribution in [3.8, 4) is 5.75 Å². The van der Waals surface area contributed by atoms with Gasteiger partial charge < -0.3 is 15.2 Å². The Morgan fingerprint density at radius 3 is 2.41 bits per heavy atom. The summed E-state index contributed by atoms with van der Waals surface area (Å²) in [5, 5.41) is 11.7. The van der Waals surface area contributed by atoms with E-state index in [1.807, 2.05) is 0 Å². The molecule has 0 aliphatic carbocycles. The Balaban J connectivity index is 1.95. The minimum absolute atomic E-state index is 0.0600. The average Bonchev–Trinajstić information content (AvgIpc) is 2.51. The van der Waals surface area contributed by atoms with Gasteiger partial charge in [0.25, 0.3) is 0 Å². The number of ether oxygens (including phenoxy) is 1. The second kappa shape index (κ2) is 7.17. The Morgan fingerprint density at radius 2 is 1.77 bits per heavy atom. The highest BCUT2D eigenvalue weighted by Gasteiger charge is 2.30. The van der Waals surface area contributed by atoms with E-state index in [0.29, 0.717) is 17.9 Å². The summed E-state index contributed by atoms with van der Waals surface area (Å²) >= 11 is 0. The molecule has 3 nitrogen and oxygen atoms in total. The zero-order valence-corrected chi connectivity index (χ0v) is 11.7. The van der Waals surface area contributed by atoms with Gasteiger partial charge >= 0.3 is 6.18 Å². The zero-order chi connectivity index (χ0) is 16.0. The Hall–Kier alpha value is -2.21. The normalized spacial score (nSPS) is 11.3. The first-order valence-corrected chi connectivity index (χ1v) is 6.73. The summed E-state index contributed by atoms with van der Waals surface area (Å²) in [5.41, 5.74) is 0.670. The highest BCUT2D eigenvalue weighted by atomic mass is 19.4. The number of aliphatic hydroxyl groups excluding tert-OH is 1. The van der Waals surface area contributed by atoms with Crippen molar-refractivity contribution in [2.45, 2.75) is 12.7 Å². The molecule has 0 radical (unpaired) electrons. The predicted molar refractivity (Wildman–Crippen MR) is 77.8 cm³/mol. The number of halogens is 3. The quantitative estimate of drug-likeness (QED) is 0.855. The van der Waals surface area contributed by atoms with Gasteiger partial charge in [-0.25, -0.2) is 0 Å². The Kier molecular flexibility index (Phi) is 5.27. The maximum Gasteiger partial charge on any atom is 0.416 e. The lowest BCUT2D eigenvalue weighted by molar-refractivity contribution is -0.137. The van der Waals surface area contributed by atoms with Crippen LogP contribution in [0, 0.1) is 0 Å². The molecule has 0 saturated heterocycles. The van der Waals surface area contributed by atoms with Crippen molar-refractivity contribution >= 4 is 5.69 Å². The first kappa shape index (κ1) is 16.2. The fourth-order valence-corrected chi connectivity index (χ4v) is 1.89. The maximum absolute atomic E-state index is 12.6. The fourth-order valence-electron chi connectivity index (χ4n) is 1.89. The van der Waals surface area contributed by atoms with E-state index in [1.54, 1.807) is 30.3 Å². The lowest BCUT2D eigenvalue weighted by Crippen LogP contribution is -2.07. The molecule has 0 spiro atoms. The molecule has 0 bridgehead atoms. The van der Waals surface area contributed by atoms with E-state index in [1.165, 1.54) is 6.07 Å². The fraction of sp³-hybridized carbons (Fsp3) is 0.250. The second-order valence-corrected chi connectivity index (χ2v) is 4.65. The molecule has 0 unspecified atom stereocenters.